The van der Waals surface area contributed by atoms with E-state index in [0.717, 1.165) is 0 Å². The molecule has 2 N–H and O–H groups in total. The highest BCUT2D eigenvalue weighted by Gasteiger charge is 2.14. The SMILES string of the molecule is COC(=O)c1cc(-c2ccc(Cl)cc2Cl)cnc1N. The van der Waals surface area contributed by atoms with Crippen molar-refractivity contribution in [2.75, 3.05) is 12.8 Å². The van der Waals surface area contributed by atoms with Crippen LogP contribution in [0.25, 0.3) is 11.1 Å². The molecule has 0 aliphatic rings. The smallest absolute Gasteiger partial charge is 0.341 e. The number of nitrogen functional groups attached to an aromatic ring is 1. The van der Waals surface area contributed by atoms with E-state index in [1.165, 1.54) is 13.3 Å². The van der Waals surface area contributed by atoms with Crippen LogP contribution < -0.4 is 5.73 Å². The number of nitrogens with zero attached hydrogens (tertiary/aromatic N) is 1. The summed E-state index contributed by atoms with van der Waals surface area (Å²) in [5.41, 5.74) is 7.22. The van der Waals surface area contributed by atoms with Crippen molar-refractivity contribution in [1.82, 2.24) is 4.98 Å². The molecular formula is C13H10Cl2N2O2. The number of carbonyl (C=O) groups is 1. The Morgan fingerprint density at radius 3 is 2.68 bits per heavy atom. The third-order valence-corrected chi connectivity index (χ3v) is 3.11. The molecule has 0 fully saturated rings. The molecule has 0 aliphatic heterocycles. The van der Waals surface area contributed by atoms with E-state index in [2.05, 4.69) is 9.72 Å². The van der Waals surface area contributed by atoms with Crippen LogP contribution in [0.4, 0.5) is 5.82 Å². The van der Waals surface area contributed by atoms with Gasteiger partial charge in [-0.1, -0.05) is 29.3 Å². The van der Waals surface area contributed by atoms with Gasteiger partial charge in [-0.25, -0.2) is 9.78 Å². The molecule has 4 nitrogen and oxygen atoms in total. The Balaban J connectivity index is 2.54. The Kier molecular flexibility index (Phi) is 3.93. The summed E-state index contributed by atoms with van der Waals surface area (Å²) in [6.45, 7) is 0. The summed E-state index contributed by atoms with van der Waals surface area (Å²) in [4.78, 5) is 15.5. The number of methoxy groups -OCH3 is 1. The molecule has 19 heavy (non-hydrogen) atoms. The monoisotopic (exact) mass is 296 g/mol. The number of esters is 1. The van der Waals surface area contributed by atoms with Gasteiger partial charge in [-0.2, -0.15) is 0 Å². The van der Waals surface area contributed by atoms with Gasteiger partial charge in [-0.15, -0.1) is 0 Å². The number of carbonyl (C=O) groups excluding carboxylic acids is 1. The predicted molar refractivity (Wildman–Crippen MR) is 75.4 cm³/mol. The maximum absolute atomic E-state index is 11.6. The second-order valence-corrected chi connectivity index (χ2v) is 4.62. The minimum atomic E-state index is -0.545. The fourth-order valence-electron chi connectivity index (χ4n) is 1.62. The van der Waals surface area contributed by atoms with Crippen molar-refractivity contribution in [3.8, 4) is 11.1 Å². The lowest BCUT2D eigenvalue weighted by molar-refractivity contribution is 0.0601. The van der Waals surface area contributed by atoms with Gasteiger partial charge in [0.05, 0.1) is 7.11 Å². The van der Waals surface area contributed by atoms with E-state index in [4.69, 9.17) is 28.9 Å². The van der Waals surface area contributed by atoms with Gasteiger partial charge in [0.2, 0.25) is 0 Å². The van der Waals surface area contributed by atoms with Gasteiger partial charge in [-0.05, 0) is 18.2 Å². The lowest BCUT2D eigenvalue weighted by Gasteiger charge is -2.08. The quantitative estimate of drug-likeness (QED) is 0.862. The van der Waals surface area contributed by atoms with Crippen LogP contribution in [0, 0.1) is 0 Å². The highest BCUT2D eigenvalue weighted by molar-refractivity contribution is 6.36. The number of benzene rings is 1. The van der Waals surface area contributed by atoms with Crippen molar-refractivity contribution >= 4 is 35.0 Å². The first-order valence-electron chi connectivity index (χ1n) is 5.32. The Morgan fingerprint density at radius 1 is 1.32 bits per heavy atom. The minimum absolute atomic E-state index is 0.112. The van der Waals surface area contributed by atoms with E-state index in [9.17, 15) is 4.79 Å². The van der Waals surface area contributed by atoms with Crippen molar-refractivity contribution in [3.05, 3.63) is 46.1 Å². The van der Waals surface area contributed by atoms with Gasteiger partial charge in [0.25, 0.3) is 0 Å². The molecule has 1 heterocycles. The Hall–Kier alpha value is -1.78. The van der Waals surface area contributed by atoms with Crippen molar-refractivity contribution in [2.45, 2.75) is 0 Å². The standard InChI is InChI=1S/C13H10Cl2N2O2/c1-19-13(18)10-4-7(6-17-12(10)16)9-3-2-8(14)5-11(9)15/h2-6H,1H3,(H2,16,17). The van der Waals surface area contributed by atoms with E-state index < -0.39 is 5.97 Å². The number of rotatable bonds is 2. The zero-order valence-electron chi connectivity index (χ0n) is 9.98. The van der Waals surface area contributed by atoms with E-state index in [1.54, 1.807) is 24.3 Å². The number of halogens is 2. The topological polar surface area (TPSA) is 65.2 Å². The number of nitrogens with two attached hydrogens (primary N) is 1. The third-order valence-electron chi connectivity index (χ3n) is 2.57. The largest absolute Gasteiger partial charge is 0.465 e. The molecule has 2 aromatic rings. The van der Waals surface area contributed by atoms with Gasteiger partial charge < -0.3 is 10.5 Å². The van der Waals surface area contributed by atoms with Gasteiger partial charge in [0, 0.05) is 27.4 Å². The molecule has 1 aromatic carbocycles. The van der Waals surface area contributed by atoms with E-state index >= 15 is 0 Å². The first-order chi connectivity index (χ1) is 9.02. The van der Waals surface area contributed by atoms with E-state index in [0.29, 0.717) is 21.2 Å². The second kappa shape index (κ2) is 5.47. The summed E-state index contributed by atoms with van der Waals surface area (Å²) in [7, 11) is 1.28. The summed E-state index contributed by atoms with van der Waals surface area (Å²) >= 11 is 11.9. The molecular weight excluding hydrogens is 287 g/mol. The van der Waals surface area contributed by atoms with E-state index in [-0.39, 0.29) is 11.4 Å². The minimum Gasteiger partial charge on any atom is -0.465 e. The maximum Gasteiger partial charge on any atom is 0.341 e. The lowest BCUT2D eigenvalue weighted by Crippen LogP contribution is -2.07. The molecule has 98 valence electrons. The Morgan fingerprint density at radius 2 is 2.05 bits per heavy atom. The van der Waals surface area contributed by atoms with Crippen LogP contribution in [-0.2, 0) is 4.74 Å². The van der Waals surface area contributed by atoms with Gasteiger partial charge in [0.15, 0.2) is 0 Å². The van der Waals surface area contributed by atoms with Gasteiger partial charge in [0.1, 0.15) is 11.4 Å². The first-order valence-corrected chi connectivity index (χ1v) is 6.07. The van der Waals surface area contributed by atoms with Crippen LogP contribution in [0.15, 0.2) is 30.5 Å². The second-order valence-electron chi connectivity index (χ2n) is 3.77. The summed E-state index contributed by atoms with van der Waals surface area (Å²) < 4.78 is 4.64. The molecule has 2 rings (SSSR count). The average molecular weight is 297 g/mol. The third kappa shape index (κ3) is 2.80. The molecule has 0 bridgehead atoms. The Bertz CT molecular complexity index is 645. The summed E-state index contributed by atoms with van der Waals surface area (Å²) in [5.74, 6) is -0.433. The molecule has 0 saturated carbocycles. The number of hydrogen-bond donors (Lipinski definition) is 1. The fourth-order valence-corrected chi connectivity index (χ4v) is 2.14. The van der Waals surface area contributed by atoms with Crippen LogP contribution in [0.1, 0.15) is 10.4 Å². The number of aromatic nitrogens is 1. The van der Waals surface area contributed by atoms with Crippen molar-refractivity contribution < 1.29 is 9.53 Å². The number of ether oxygens (including phenoxy) is 1. The van der Waals surface area contributed by atoms with Crippen molar-refractivity contribution in [1.29, 1.82) is 0 Å². The lowest BCUT2D eigenvalue weighted by atomic mass is 10.1. The van der Waals surface area contributed by atoms with Crippen molar-refractivity contribution in [3.63, 3.8) is 0 Å². The number of anilines is 1. The molecule has 0 atom stereocenters. The van der Waals surface area contributed by atoms with Crippen molar-refractivity contribution in [2.24, 2.45) is 0 Å². The highest BCUT2D eigenvalue weighted by atomic mass is 35.5. The fraction of sp³-hybridized carbons (Fsp3) is 0.0769. The van der Waals surface area contributed by atoms with Gasteiger partial charge in [-0.3, -0.25) is 0 Å². The summed E-state index contributed by atoms with van der Waals surface area (Å²) in [6, 6.07) is 6.66. The zero-order chi connectivity index (χ0) is 14.0. The molecule has 6 heteroatoms. The molecule has 0 radical (unpaired) electrons. The van der Waals surface area contributed by atoms with Gasteiger partial charge >= 0.3 is 5.97 Å². The zero-order valence-corrected chi connectivity index (χ0v) is 11.5. The van der Waals surface area contributed by atoms with E-state index in [1.807, 2.05) is 0 Å². The van der Waals surface area contributed by atoms with Crippen LogP contribution in [0.3, 0.4) is 0 Å². The normalized spacial score (nSPS) is 10.3. The van der Waals surface area contributed by atoms with Crippen LogP contribution in [0.2, 0.25) is 10.0 Å². The molecule has 0 spiro atoms. The summed E-state index contributed by atoms with van der Waals surface area (Å²) in [5, 5.41) is 1.00. The van der Waals surface area contributed by atoms with Crippen LogP contribution >= 0.6 is 23.2 Å². The molecule has 0 unspecified atom stereocenters. The Labute approximate surface area is 120 Å². The highest BCUT2D eigenvalue weighted by Crippen LogP contribution is 2.31. The van der Waals surface area contributed by atoms with Crippen LogP contribution in [-0.4, -0.2) is 18.1 Å². The molecule has 0 amide bonds. The number of hydrogen-bond acceptors (Lipinski definition) is 4. The van der Waals surface area contributed by atoms with Crippen LogP contribution in [0.5, 0.6) is 0 Å². The molecule has 1 aromatic heterocycles. The number of pyridine rings is 1. The average Bonchev–Trinajstić information content (AvgIpc) is 2.39. The maximum atomic E-state index is 11.6. The molecule has 0 saturated heterocycles. The summed E-state index contributed by atoms with van der Waals surface area (Å²) in [6.07, 6.45) is 1.54. The molecule has 0 aliphatic carbocycles. The predicted octanol–water partition coefficient (Wildman–Crippen LogP) is 3.42. The first kappa shape index (κ1) is 13.6.